The zero-order valence-corrected chi connectivity index (χ0v) is 16.1. The van der Waals surface area contributed by atoms with Crippen LogP contribution in [0, 0.1) is 5.82 Å². The van der Waals surface area contributed by atoms with Gasteiger partial charge in [0, 0.05) is 49.6 Å². The quantitative estimate of drug-likeness (QED) is 0.698. The Labute approximate surface area is 168 Å². The molecule has 144 valence electrons. The number of rotatable bonds is 5. The summed E-state index contributed by atoms with van der Waals surface area (Å²) in [5.41, 5.74) is 2.06. The van der Waals surface area contributed by atoms with Crippen LogP contribution in [0.3, 0.4) is 0 Å². The van der Waals surface area contributed by atoms with Crippen LogP contribution in [-0.2, 0) is 6.54 Å². The van der Waals surface area contributed by atoms with Crippen molar-refractivity contribution in [3.05, 3.63) is 77.2 Å². The van der Waals surface area contributed by atoms with Gasteiger partial charge in [-0.05, 0) is 42.0 Å². The largest absolute Gasteiger partial charge is 0.368 e. The van der Waals surface area contributed by atoms with Gasteiger partial charge in [-0.15, -0.1) is 0 Å². The lowest BCUT2D eigenvalue weighted by Gasteiger charge is -2.36. The predicted octanol–water partition coefficient (Wildman–Crippen LogP) is 4.21. The average Bonchev–Trinajstić information content (AvgIpc) is 2.74. The van der Waals surface area contributed by atoms with Crippen molar-refractivity contribution < 1.29 is 4.39 Å². The zero-order chi connectivity index (χ0) is 19.3. The first-order valence-corrected chi connectivity index (χ1v) is 9.62. The normalized spacial score (nSPS) is 14.2. The van der Waals surface area contributed by atoms with E-state index in [0.717, 1.165) is 48.3 Å². The molecule has 0 amide bonds. The van der Waals surface area contributed by atoms with Crippen molar-refractivity contribution in [2.75, 3.05) is 41.3 Å². The van der Waals surface area contributed by atoms with Crippen molar-refractivity contribution in [1.82, 2.24) is 9.97 Å². The van der Waals surface area contributed by atoms with Crippen LogP contribution in [0.4, 0.5) is 21.8 Å². The number of hydrogen-bond donors (Lipinski definition) is 1. The predicted molar refractivity (Wildman–Crippen MR) is 112 cm³/mol. The van der Waals surface area contributed by atoms with Crippen molar-refractivity contribution in [1.29, 1.82) is 0 Å². The van der Waals surface area contributed by atoms with Crippen molar-refractivity contribution >= 4 is 29.1 Å². The van der Waals surface area contributed by atoms with Crippen LogP contribution in [0.5, 0.6) is 0 Å². The minimum Gasteiger partial charge on any atom is -0.368 e. The Kier molecular flexibility index (Phi) is 5.58. The number of nitrogens with zero attached hydrogens (tertiary/aromatic N) is 4. The van der Waals surface area contributed by atoms with Gasteiger partial charge in [-0.25, -0.2) is 9.37 Å². The Morgan fingerprint density at radius 3 is 2.39 bits per heavy atom. The van der Waals surface area contributed by atoms with E-state index in [1.54, 1.807) is 6.20 Å². The Hall–Kier alpha value is -2.86. The highest BCUT2D eigenvalue weighted by Gasteiger charge is 2.19. The second-order valence-corrected chi connectivity index (χ2v) is 7.04. The van der Waals surface area contributed by atoms with Gasteiger partial charge in [-0.2, -0.15) is 4.98 Å². The van der Waals surface area contributed by atoms with Gasteiger partial charge in [0.15, 0.2) is 0 Å². The first-order chi connectivity index (χ1) is 13.7. The summed E-state index contributed by atoms with van der Waals surface area (Å²) in [4.78, 5) is 13.5. The summed E-state index contributed by atoms with van der Waals surface area (Å²) < 4.78 is 13.1. The molecule has 0 spiro atoms. The number of anilines is 3. The fraction of sp³-hybridized carbons (Fsp3) is 0.238. The molecule has 0 saturated carbocycles. The summed E-state index contributed by atoms with van der Waals surface area (Å²) in [5, 5.41) is 4.05. The molecule has 7 heteroatoms. The lowest BCUT2D eigenvalue weighted by Crippen LogP contribution is -2.47. The molecule has 0 radical (unpaired) electrons. The van der Waals surface area contributed by atoms with E-state index in [4.69, 9.17) is 11.6 Å². The van der Waals surface area contributed by atoms with Crippen LogP contribution in [0.15, 0.2) is 60.8 Å². The maximum atomic E-state index is 13.1. The fourth-order valence-corrected chi connectivity index (χ4v) is 3.45. The maximum Gasteiger partial charge on any atom is 0.227 e. The van der Waals surface area contributed by atoms with Crippen molar-refractivity contribution in [3.8, 4) is 0 Å². The molecule has 2 heterocycles. The average molecular weight is 398 g/mol. The van der Waals surface area contributed by atoms with Gasteiger partial charge < -0.3 is 15.1 Å². The summed E-state index contributed by atoms with van der Waals surface area (Å²) in [6.45, 7) is 3.91. The van der Waals surface area contributed by atoms with Crippen LogP contribution < -0.4 is 15.1 Å². The molecule has 5 nitrogen and oxygen atoms in total. The Morgan fingerprint density at radius 1 is 0.929 bits per heavy atom. The smallest absolute Gasteiger partial charge is 0.227 e. The van der Waals surface area contributed by atoms with Crippen LogP contribution in [-0.4, -0.2) is 36.1 Å². The summed E-state index contributed by atoms with van der Waals surface area (Å²) in [6, 6.07) is 16.3. The highest BCUT2D eigenvalue weighted by atomic mass is 35.5. The lowest BCUT2D eigenvalue weighted by atomic mass is 10.2. The molecule has 2 aromatic carbocycles. The zero-order valence-electron chi connectivity index (χ0n) is 15.4. The van der Waals surface area contributed by atoms with E-state index in [0.29, 0.717) is 12.5 Å². The molecule has 0 bridgehead atoms. The molecular weight excluding hydrogens is 377 g/mol. The molecule has 1 fully saturated rings. The van der Waals surface area contributed by atoms with E-state index >= 15 is 0 Å². The molecular formula is C21H21ClFN5. The van der Waals surface area contributed by atoms with E-state index in [1.165, 1.54) is 12.1 Å². The monoisotopic (exact) mass is 397 g/mol. The molecule has 0 atom stereocenters. The van der Waals surface area contributed by atoms with Crippen LogP contribution >= 0.6 is 11.6 Å². The highest BCUT2D eigenvalue weighted by Crippen LogP contribution is 2.20. The third kappa shape index (κ3) is 4.34. The molecule has 4 rings (SSSR count). The highest BCUT2D eigenvalue weighted by molar-refractivity contribution is 6.31. The molecule has 1 saturated heterocycles. The molecule has 1 aliphatic heterocycles. The molecule has 28 heavy (non-hydrogen) atoms. The van der Waals surface area contributed by atoms with Crippen LogP contribution in [0.2, 0.25) is 5.02 Å². The van der Waals surface area contributed by atoms with Gasteiger partial charge >= 0.3 is 0 Å². The number of halogens is 2. The molecule has 0 unspecified atom stereocenters. The van der Waals surface area contributed by atoms with E-state index in [9.17, 15) is 4.39 Å². The van der Waals surface area contributed by atoms with Crippen molar-refractivity contribution in [2.24, 2.45) is 0 Å². The molecule has 1 N–H and O–H groups in total. The number of aromatic nitrogens is 2. The third-order valence-electron chi connectivity index (χ3n) is 4.81. The van der Waals surface area contributed by atoms with Crippen LogP contribution in [0.25, 0.3) is 0 Å². The Bertz CT molecular complexity index is 926. The SMILES string of the molecule is Fc1ccc(N2CCN(c3nccc(NCc4ccccc4Cl)n3)CC2)cc1. The number of piperazine rings is 1. The Balaban J connectivity index is 1.37. The Morgan fingerprint density at radius 2 is 1.64 bits per heavy atom. The summed E-state index contributed by atoms with van der Waals surface area (Å²) in [6.07, 6.45) is 1.77. The maximum absolute atomic E-state index is 13.1. The molecule has 0 aliphatic carbocycles. The fourth-order valence-electron chi connectivity index (χ4n) is 3.24. The summed E-state index contributed by atoms with van der Waals surface area (Å²) in [7, 11) is 0. The van der Waals surface area contributed by atoms with Gasteiger partial charge in [0.1, 0.15) is 11.6 Å². The summed E-state index contributed by atoms with van der Waals surface area (Å²) >= 11 is 6.21. The van der Waals surface area contributed by atoms with Gasteiger partial charge in [0.2, 0.25) is 5.95 Å². The topological polar surface area (TPSA) is 44.3 Å². The minimum absolute atomic E-state index is 0.211. The molecule has 1 aliphatic rings. The van der Waals surface area contributed by atoms with Gasteiger partial charge in [0.05, 0.1) is 0 Å². The lowest BCUT2D eigenvalue weighted by molar-refractivity contribution is 0.623. The van der Waals surface area contributed by atoms with E-state index in [2.05, 4.69) is 25.1 Å². The number of hydrogen-bond acceptors (Lipinski definition) is 5. The van der Waals surface area contributed by atoms with Gasteiger partial charge in [-0.3, -0.25) is 0 Å². The first-order valence-electron chi connectivity index (χ1n) is 9.25. The molecule has 1 aromatic heterocycles. The van der Waals surface area contributed by atoms with Gasteiger partial charge in [0.25, 0.3) is 0 Å². The van der Waals surface area contributed by atoms with Gasteiger partial charge in [-0.1, -0.05) is 29.8 Å². The second kappa shape index (κ2) is 8.44. The van der Waals surface area contributed by atoms with Crippen LogP contribution in [0.1, 0.15) is 5.56 Å². The second-order valence-electron chi connectivity index (χ2n) is 6.64. The standard InChI is InChI=1S/C21H21ClFN5/c22-19-4-2-1-3-16(19)15-25-20-9-10-24-21(26-20)28-13-11-27(12-14-28)18-7-5-17(23)6-8-18/h1-10H,11-15H2,(H,24,25,26). The van der Waals surface area contributed by atoms with Crippen molar-refractivity contribution in [3.63, 3.8) is 0 Å². The third-order valence-corrected chi connectivity index (χ3v) is 5.18. The summed E-state index contributed by atoms with van der Waals surface area (Å²) in [5.74, 6) is 1.27. The molecule has 3 aromatic rings. The van der Waals surface area contributed by atoms with E-state index in [-0.39, 0.29) is 5.82 Å². The van der Waals surface area contributed by atoms with E-state index < -0.39 is 0 Å². The van der Waals surface area contributed by atoms with Crippen molar-refractivity contribution in [2.45, 2.75) is 6.54 Å². The van der Waals surface area contributed by atoms with E-state index in [1.807, 2.05) is 42.5 Å². The number of nitrogens with one attached hydrogen (secondary N) is 1. The minimum atomic E-state index is -0.211. The number of benzene rings is 2. The first kappa shape index (κ1) is 18.5.